The first-order valence-electron chi connectivity index (χ1n) is 6.60. The van der Waals surface area contributed by atoms with Crippen LogP contribution in [0.1, 0.15) is 19.4 Å². The lowest BCUT2D eigenvalue weighted by molar-refractivity contribution is 0.469. The molecule has 0 spiro atoms. The van der Waals surface area contributed by atoms with E-state index in [0.29, 0.717) is 34.1 Å². The van der Waals surface area contributed by atoms with Gasteiger partial charge in [0.2, 0.25) is 0 Å². The van der Waals surface area contributed by atoms with Crippen LogP contribution in [-0.2, 0) is 6.54 Å². The molecule has 0 bridgehead atoms. The van der Waals surface area contributed by atoms with E-state index in [1.807, 2.05) is 24.3 Å². The molecule has 0 atom stereocenters. The summed E-state index contributed by atoms with van der Waals surface area (Å²) in [6.07, 6.45) is 0. The van der Waals surface area contributed by atoms with Gasteiger partial charge in [-0.15, -0.1) is 0 Å². The second-order valence-electron chi connectivity index (χ2n) is 4.96. The molecule has 0 aliphatic carbocycles. The maximum absolute atomic E-state index is 6.20. The number of ether oxygens (including phenoxy) is 1. The van der Waals surface area contributed by atoms with Crippen molar-refractivity contribution in [1.82, 2.24) is 5.32 Å². The monoisotopic (exact) mass is 387 g/mol. The zero-order valence-electron chi connectivity index (χ0n) is 11.8. The number of halogens is 3. The molecule has 2 nitrogen and oxygen atoms in total. The lowest BCUT2D eigenvalue weighted by atomic mass is 10.2. The Hall–Kier alpha value is -0.740. The minimum absolute atomic E-state index is 0.393. The molecule has 2 rings (SSSR count). The highest BCUT2D eigenvalue weighted by Crippen LogP contribution is 2.34. The largest absolute Gasteiger partial charge is 0.455 e. The maximum atomic E-state index is 6.20. The van der Waals surface area contributed by atoms with E-state index in [0.717, 1.165) is 10.0 Å². The SMILES string of the molecule is CC(C)NCc1ccc(Cl)cc1Oc1ccc(Br)cc1Cl. The van der Waals surface area contributed by atoms with E-state index < -0.39 is 0 Å². The fourth-order valence-corrected chi connectivity index (χ4v) is 2.63. The quantitative estimate of drug-likeness (QED) is 0.673. The average Bonchev–Trinajstić information content (AvgIpc) is 2.41. The van der Waals surface area contributed by atoms with Gasteiger partial charge in [0.15, 0.2) is 0 Å². The van der Waals surface area contributed by atoms with Crippen molar-refractivity contribution < 1.29 is 4.74 Å². The highest BCUT2D eigenvalue weighted by atomic mass is 79.9. The summed E-state index contributed by atoms with van der Waals surface area (Å²) in [5, 5.41) is 4.55. The van der Waals surface area contributed by atoms with Gasteiger partial charge in [0.25, 0.3) is 0 Å². The van der Waals surface area contributed by atoms with Crippen LogP contribution in [0.5, 0.6) is 11.5 Å². The minimum Gasteiger partial charge on any atom is -0.455 e. The van der Waals surface area contributed by atoms with E-state index in [9.17, 15) is 0 Å². The lowest BCUT2D eigenvalue weighted by Crippen LogP contribution is -2.22. The van der Waals surface area contributed by atoms with Crippen molar-refractivity contribution in [1.29, 1.82) is 0 Å². The normalized spacial score (nSPS) is 11.0. The fourth-order valence-electron chi connectivity index (χ4n) is 1.76. The van der Waals surface area contributed by atoms with Gasteiger partial charge in [0.05, 0.1) is 5.02 Å². The predicted molar refractivity (Wildman–Crippen MR) is 92.7 cm³/mol. The Labute approximate surface area is 143 Å². The second kappa shape index (κ2) is 7.50. The Balaban J connectivity index is 2.27. The molecule has 5 heteroatoms. The summed E-state index contributed by atoms with van der Waals surface area (Å²) in [4.78, 5) is 0. The van der Waals surface area contributed by atoms with Gasteiger partial charge in [0.1, 0.15) is 11.5 Å². The first-order chi connectivity index (χ1) is 9.95. The minimum atomic E-state index is 0.393. The molecule has 0 saturated carbocycles. The fraction of sp³-hybridized carbons (Fsp3) is 0.250. The molecule has 21 heavy (non-hydrogen) atoms. The zero-order chi connectivity index (χ0) is 15.4. The third kappa shape index (κ3) is 4.89. The highest BCUT2D eigenvalue weighted by molar-refractivity contribution is 9.10. The van der Waals surface area contributed by atoms with Crippen LogP contribution in [0.4, 0.5) is 0 Å². The van der Waals surface area contributed by atoms with Crippen molar-refractivity contribution in [3.05, 3.63) is 56.5 Å². The number of hydrogen-bond acceptors (Lipinski definition) is 2. The van der Waals surface area contributed by atoms with Gasteiger partial charge in [-0.1, -0.05) is 59.0 Å². The van der Waals surface area contributed by atoms with Crippen LogP contribution < -0.4 is 10.1 Å². The first-order valence-corrected chi connectivity index (χ1v) is 8.15. The second-order valence-corrected chi connectivity index (χ2v) is 6.72. The van der Waals surface area contributed by atoms with Gasteiger partial charge in [-0.25, -0.2) is 0 Å². The Kier molecular flexibility index (Phi) is 5.94. The van der Waals surface area contributed by atoms with Crippen LogP contribution >= 0.6 is 39.1 Å². The molecule has 2 aromatic rings. The summed E-state index contributed by atoms with van der Waals surface area (Å²) >= 11 is 15.6. The molecule has 0 saturated heterocycles. The molecule has 0 aliphatic rings. The van der Waals surface area contributed by atoms with Crippen LogP contribution in [-0.4, -0.2) is 6.04 Å². The molecular formula is C16H16BrCl2NO. The van der Waals surface area contributed by atoms with E-state index in [2.05, 4.69) is 35.1 Å². The summed E-state index contributed by atoms with van der Waals surface area (Å²) in [6, 6.07) is 11.5. The molecule has 0 amide bonds. The molecule has 0 radical (unpaired) electrons. The van der Waals surface area contributed by atoms with Crippen molar-refractivity contribution in [2.45, 2.75) is 26.4 Å². The van der Waals surface area contributed by atoms with Gasteiger partial charge in [-0.05, 0) is 30.3 Å². The molecule has 0 heterocycles. The standard InChI is InChI=1S/C16H16BrCl2NO/c1-10(2)20-9-11-3-5-13(18)8-16(11)21-15-6-4-12(17)7-14(15)19/h3-8,10,20H,9H2,1-2H3. The Morgan fingerprint density at radius 3 is 2.52 bits per heavy atom. The Bertz CT molecular complexity index is 632. The number of benzene rings is 2. The van der Waals surface area contributed by atoms with E-state index in [-0.39, 0.29) is 0 Å². The van der Waals surface area contributed by atoms with Crippen LogP contribution in [0.3, 0.4) is 0 Å². The van der Waals surface area contributed by atoms with Crippen molar-refractivity contribution in [3.8, 4) is 11.5 Å². The molecule has 0 aromatic heterocycles. The van der Waals surface area contributed by atoms with Crippen LogP contribution in [0.15, 0.2) is 40.9 Å². The van der Waals surface area contributed by atoms with Gasteiger partial charge in [-0.3, -0.25) is 0 Å². The number of hydrogen-bond donors (Lipinski definition) is 1. The third-order valence-electron chi connectivity index (χ3n) is 2.84. The van der Waals surface area contributed by atoms with Crippen molar-refractivity contribution in [2.75, 3.05) is 0 Å². The van der Waals surface area contributed by atoms with Gasteiger partial charge >= 0.3 is 0 Å². The van der Waals surface area contributed by atoms with Crippen LogP contribution in [0.25, 0.3) is 0 Å². The van der Waals surface area contributed by atoms with Crippen LogP contribution in [0, 0.1) is 0 Å². The summed E-state index contributed by atoms with van der Waals surface area (Å²) in [5.74, 6) is 1.31. The van der Waals surface area contributed by atoms with E-state index in [4.69, 9.17) is 27.9 Å². The Morgan fingerprint density at radius 2 is 1.86 bits per heavy atom. The van der Waals surface area contributed by atoms with Gasteiger partial charge in [0, 0.05) is 27.6 Å². The molecule has 112 valence electrons. The van der Waals surface area contributed by atoms with E-state index in [1.165, 1.54) is 0 Å². The number of rotatable bonds is 5. The smallest absolute Gasteiger partial charge is 0.146 e. The van der Waals surface area contributed by atoms with E-state index in [1.54, 1.807) is 12.1 Å². The third-order valence-corrected chi connectivity index (χ3v) is 3.87. The van der Waals surface area contributed by atoms with Crippen molar-refractivity contribution >= 4 is 39.1 Å². The topological polar surface area (TPSA) is 21.3 Å². The summed E-state index contributed by atoms with van der Waals surface area (Å²) < 4.78 is 6.84. The first kappa shape index (κ1) is 16.6. The molecule has 0 aliphatic heterocycles. The average molecular weight is 389 g/mol. The molecular weight excluding hydrogens is 373 g/mol. The van der Waals surface area contributed by atoms with Crippen molar-refractivity contribution in [3.63, 3.8) is 0 Å². The molecule has 1 N–H and O–H groups in total. The Morgan fingerprint density at radius 1 is 1.10 bits per heavy atom. The molecule has 0 unspecified atom stereocenters. The molecule has 2 aromatic carbocycles. The summed E-state index contributed by atoms with van der Waals surface area (Å²) in [6.45, 7) is 4.91. The van der Waals surface area contributed by atoms with Crippen molar-refractivity contribution in [2.24, 2.45) is 0 Å². The zero-order valence-corrected chi connectivity index (χ0v) is 14.9. The van der Waals surface area contributed by atoms with Gasteiger partial charge in [-0.2, -0.15) is 0 Å². The predicted octanol–water partition coefficient (Wildman–Crippen LogP) is 6.05. The molecule has 0 fully saturated rings. The lowest BCUT2D eigenvalue weighted by Gasteiger charge is -2.14. The highest BCUT2D eigenvalue weighted by Gasteiger charge is 2.09. The van der Waals surface area contributed by atoms with Gasteiger partial charge < -0.3 is 10.1 Å². The van der Waals surface area contributed by atoms with E-state index >= 15 is 0 Å². The van der Waals surface area contributed by atoms with Crippen LogP contribution in [0.2, 0.25) is 10.0 Å². The number of nitrogens with one attached hydrogen (secondary N) is 1. The summed E-state index contributed by atoms with van der Waals surface area (Å²) in [5.41, 5.74) is 1.03. The maximum Gasteiger partial charge on any atom is 0.146 e. The summed E-state index contributed by atoms with van der Waals surface area (Å²) in [7, 11) is 0.